The number of carbonyl (C=O) groups is 1. The Bertz CT molecular complexity index is 461. The minimum absolute atomic E-state index is 0.160. The van der Waals surface area contributed by atoms with Crippen molar-refractivity contribution in [3.8, 4) is 0 Å². The van der Waals surface area contributed by atoms with Crippen LogP contribution in [0.5, 0.6) is 0 Å². The molecule has 1 aromatic heterocycles. The zero-order chi connectivity index (χ0) is 13.8. The van der Waals surface area contributed by atoms with E-state index >= 15 is 0 Å². The average Bonchev–Trinajstić information content (AvgIpc) is 2.92. The number of aliphatic hydroxyl groups is 1. The minimum atomic E-state index is -0.492. The van der Waals surface area contributed by atoms with Crippen molar-refractivity contribution in [1.29, 1.82) is 0 Å². The van der Waals surface area contributed by atoms with Gasteiger partial charge in [0.1, 0.15) is 11.5 Å². The van der Waals surface area contributed by atoms with Crippen molar-refractivity contribution in [2.24, 2.45) is 5.92 Å². The summed E-state index contributed by atoms with van der Waals surface area (Å²) in [5, 5.41) is 12.9. The Labute approximate surface area is 117 Å². The van der Waals surface area contributed by atoms with Gasteiger partial charge in [-0.15, -0.1) is 0 Å². The van der Waals surface area contributed by atoms with Crippen molar-refractivity contribution in [2.45, 2.75) is 38.7 Å². The first-order valence-corrected chi connectivity index (χ1v) is 6.91. The molecular formula is C13H18ClN3O2. The lowest BCUT2D eigenvalue weighted by Gasteiger charge is -2.18. The van der Waals surface area contributed by atoms with Gasteiger partial charge in [-0.05, 0) is 25.7 Å². The van der Waals surface area contributed by atoms with Crippen LogP contribution in [0.15, 0.2) is 6.20 Å². The minimum Gasteiger partial charge on any atom is -0.391 e. The second kappa shape index (κ2) is 6.30. The number of nitrogens with one attached hydrogen (secondary N) is 1. The quantitative estimate of drug-likeness (QED) is 0.882. The lowest BCUT2D eigenvalue weighted by molar-refractivity contribution is 0.0836. The van der Waals surface area contributed by atoms with Crippen LogP contribution in [0.4, 0.5) is 0 Å². The van der Waals surface area contributed by atoms with Gasteiger partial charge in [0.05, 0.1) is 17.3 Å². The normalized spacial score (nSPS) is 17.4. The summed E-state index contributed by atoms with van der Waals surface area (Å²) in [6.45, 7) is 1.93. The maximum atomic E-state index is 11.9. The van der Waals surface area contributed by atoms with E-state index in [-0.39, 0.29) is 23.2 Å². The summed E-state index contributed by atoms with van der Waals surface area (Å²) in [5.41, 5.74) is 0.160. The van der Waals surface area contributed by atoms with E-state index in [1.807, 2.05) is 0 Å². The maximum Gasteiger partial charge on any atom is 0.271 e. The van der Waals surface area contributed by atoms with E-state index in [1.54, 1.807) is 6.92 Å². The van der Waals surface area contributed by atoms with Crippen molar-refractivity contribution in [2.75, 3.05) is 6.54 Å². The lowest BCUT2D eigenvalue weighted by atomic mass is 10.0. The predicted molar refractivity (Wildman–Crippen MR) is 72.1 cm³/mol. The molecule has 1 heterocycles. The highest BCUT2D eigenvalue weighted by Gasteiger charge is 2.24. The molecular weight excluding hydrogens is 266 g/mol. The molecule has 19 heavy (non-hydrogen) atoms. The number of aromatic nitrogens is 2. The van der Waals surface area contributed by atoms with Crippen LogP contribution in [0.1, 0.15) is 42.0 Å². The first-order chi connectivity index (χ1) is 9.08. The Balaban J connectivity index is 1.91. The third-order valence-electron chi connectivity index (χ3n) is 3.50. The lowest BCUT2D eigenvalue weighted by Crippen LogP contribution is -2.36. The highest BCUT2D eigenvalue weighted by atomic mass is 35.5. The summed E-state index contributed by atoms with van der Waals surface area (Å²) >= 11 is 5.89. The molecule has 1 aliphatic rings. The molecule has 0 aliphatic heterocycles. The molecule has 0 bridgehead atoms. The van der Waals surface area contributed by atoms with Gasteiger partial charge < -0.3 is 10.4 Å². The first-order valence-electron chi connectivity index (χ1n) is 6.53. The van der Waals surface area contributed by atoms with E-state index in [4.69, 9.17) is 11.6 Å². The maximum absolute atomic E-state index is 11.9. The van der Waals surface area contributed by atoms with Gasteiger partial charge >= 0.3 is 0 Å². The molecule has 0 aromatic carbocycles. The molecule has 1 amide bonds. The molecule has 1 unspecified atom stereocenters. The second-order valence-electron chi connectivity index (χ2n) is 4.94. The van der Waals surface area contributed by atoms with Crippen LogP contribution in [0.3, 0.4) is 0 Å². The fourth-order valence-electron chi connectivity index (χ4n) is 2.40. The number of aryl methyl sites for hydroxylation is 1. The van der Waals surface area contributed by atoms with Crippen LogP contribution in [0, 0.1) is 12.8 Å². The number of hydrogen-bond donors (Lipinski definition) is 2. The van der Waals surface area contributed by atoms with E-state index in [9.17, 15) is 9.90 Å². The molecule has 2 rings (SSSR count). The summed E-state index contributed by atoms with van der Waals surface area (Å²) in [5.74, 6) is 0.418. The fourth-order valence-corrected chi connectivity index (χ4v) is 2.58. The monoisotopic (exact) mass is 283 g/mol. The first kappa shape index (κ1) is 14.2. The van der Waals surface area contributed by atoms with E-state index in [0.29, 0.717) is 11.7 Å². The van der Waals surface area contributed by atoms with Crippen LogP contribution in [-0.4, -0.2) is 33.6 Å². The van der Waals surface area contributed by atoms with Gasteiger partial charge in [-0.3, -0.25) is 4.79 Å². The molecule has 0 saturated heterocycles. The summed E-state index contributed by atoms with van der Waals surface area (Å²) < 4.78 is 0. The van der Waals surface area contributed by atoms with Crippen LogP contribution in [0.25, 0.3) is 0 Å². The average molecular weight is 284 g/mol. The molecule has 0 spiro atoms. The summed E-state index contributed by atoms with van der Waals surface area (Å²) in [6, 6.07) is 0. The third-order valence-corrected chi connectivity index (χ3v) is 3.77. The van der Waals surface area contributed by atoms with Crippen LogP contribution in [-0.2, 0) is 0 Å². The molecule has 1 aromatic rings. The van der Waals surface area contributed by atoms with Gasteiger partial charge in [-0.2, -0.15) is 0 Å². The molecule has 6 heteroatoms. The van der Waals surface area contributed by atoms with Gasteiger partial charge in [0.15, 0.2) is 0 Å². The molecule has 5 nitrogen and oxygen atoms in total. The fraction of sp³-hybridized carbons (Fsp3) is 0.615. The van der Waals surface area contributed by atoms with Crippen LogP contribution >= 0.6 is 11.6 Å². The predicted octanol–water partition coefficient (Wildman–Crippen LogP) is 1.72. The Kier molecular flexibility index (Phi) is 4.71. The Morgan fingerprint density at radius 1 is 1.58 bits per heavy atom. The smallest absolute Gasteiger partial charge is 0.271 e. The van der Waals surface area contributed by atoms with Crippen molar-refractivity contribution in [3.63, 3.8) is 0 Å². The molecule has 1 aliphatic carbocycles. The third kappa shape index (κ3) is 3.64. The van der Waals surface area contributed by atoms with Crippen molar-refractivity contribution >= 4 is 17.5 Å². The Hall–Kier alpha value is -1.20. The topological polar surface area (TPSA) is 75.1 Å². The molecule has 1 atom stereocenters. The van der Waals surface area contributed by atoms with Crippen LogP contribution in [0.2, 0.25) is 5.02 Å². The highest BCUT2D eigenvalue weighted by molar-refractivity contribution is 6.33. The molecule has 1 saturated carbocycles. The largest absolute Gasteiger partial charge is 0.391 e. The zero-order valence-corrected chi connectivity index (χ0v) is 11.7. The van der Waals surface area contributed by atoms with Crippen molar-refractivity contribution in [1.82, 2.24) is 15.3 Å². The molecule has 104 valence electrons. The number of amides is 1. The SMILES string of the molecule is Cc1ncc(Cl)c(C(=O)NCC(O)C2CCCC2)n1. The number of rotatable bonds is 4. The highest BCUT2D eigenvalue weighted by Crippen LogP contribution is 2.27. The summed E-state index contributed by atoms with van der Waals surface area (Å²) in [6.07, 6.45) is 5.30. The Morgan fingerprint density at radius 2 is 2.26 bits per heavy atom. The molecule has 0 radical (unpaired) electrons. The number of nitrogens with zero attached hydrogens (tertiary/aromatic N) is 2. The Morgan fingerprint density at radius 3 is 2.95 bits per heavy atom. The number of aliphatic hydroxyl groups excluding tert-OH is 1. The van der Waals surface area contributed by atoms with Gasteiger partial charge in [0, 0.05) is 6.54 Å². The van der Waals surface area contributed by atoms with E-state index in [2.05, 4.69) is 15.3 Å². The summed E-state index contributed by atoms with van der Waals surface area (Å²) in [7, 11) is 0. The molecule has 1 fully saturated rings. The van der Waals surface area contributed by atoms with Crippen molar-refractivity contribution in [3.05, 3.63) is 22.7 Å². The number of hydrogen-bond acceptors (Lipinski definition) is 4. The van der Waals surface area contributed by atoms with E-state index in [1.165, 1.54) is 6.20 Å². The zero-order valence-electron chi connectivity index (χ0n) is 10.9. The van der Waals surface area contributed by atoms with Crippen molar-refractivity contribution < 1.29 is 9.90 Å². The van der Waals surface area contributed by atoms with Crippen LogP contribution < -0.4 is 5.32 Å². The summed E-state index contributed by atoms with van der Waals surface area (Å²) in [4.78, 5) is 19.9. The van der Waals surface area contributed by atoms with Gasteiger partial charge in [-0.1, -0.05) is 24.4 Å². The number of carbonyl (C=O) groups excluding carboxylic acids is 1. The van der Waals surface area contributed by atoms with E-state index < -0.39 is 6.10 Å². The van der Waals surface area contributed by atoms with Gasteiger partial charge in [0.25, 0.3) is 5.91 Å². The molecule has 2 N–H and O–H groups in total. The standard InChI is InChI=1S/C13H18ClN3O2/c1-8-15-6-10(14)12(17-8)13(19)16-7-11(18)9-4-2-3-5-9/h6,9,11,18H,2-5,7H2,1H3,(H,16,19). The second-order valence-corrected chi connectivity index (χ2v) is 5.34. The number of halogens is 1. The van der Waals surface area contributed by atoms with Gasteiger partial charge in [0.2, 0.25) is 0 Å². The van der Waals surface area contributed by atoms with Gasteiger partial charge in [-0.25, -0.2) is 9.97 Å². The van der Waals surface area contributed by atoms with E-state index in [0.717, 1.165) is 25.7 Å².